The second kappa shape index (κ2) is 4.82. The second-order valence-corrected chi connectivity index (χ2v) is 4.69. The monoisotopic (exact) mass is 253 g/mol. The van der Waals surface area contributed by atoms with Crippen molar-refractivity contribution in [3.63, 3.8) is 0 Å². The number of carbonyl (C=O) groups excluding carboxylic acids is 1. The van der Waals surface area contributed by atoms with Crippen LogP contribution in [0.3, 0.4) is 0 Å². The summed E-state index contributed by atoms with van der Waals surface area (Å²) in [6.07, 6.45) is 1.66. The molecule has 0 bridgehead atoms. The predicted molar refractivity (Wildman–Crippen MR) is 72.1 cm³/mol. The van der Waals surface area contributed by atoms with Crippen molar-refractivity contribution in [2.45, 2.75) is 19.6 Å². The Kier molecular flexibility index (Phi) is 3.01. The van der Waals surface area contributed by atoms with Gasteiger partial charge in [0.25, 0.3) is 5.91 Å². The third-order valence-electron chi connectivity index (χ3n) is 3.41. The van der Waals surface area contributed by atoms with Crippen molar-refractivity contribution in [3.05, 3.63) is 65.0 Å². The predicted octanol–water partition coefficient (Wildman–Crippen LogP) is 1.70. The minimum absolute atomic E-state index is 0.0280. The molecule has 0 saturated heterocycles. The van der Waals surface area contributed by atoms with E-state index in [0.717, 1.165) is 5.56 Å². The Bertz CT molecular complexity index is 582. The third kappa shape index (κ3) is 2.22. The van der Waals surface area contributed by atoms with E-state index < -0.39 is 0 Å². The van der Waals surface area contributed by atoms with Crippen LogP contribution in [0.15, 0.2) is 42.6 Å². The lowest BCUT2D eigenvalue weighted by atomic mass is 10.1. The Morgan fingerprint density at radius 1 is 1.16 bits per heavy atom. The third-order valence-corrected chi connectivity index (χ3v) is 3.41. The molecule has 2 N–H and O–H groups in total. The van der Waals surface area contributed by atoms with Crippen molar-refractivity contribution in [2.24, 2.45) is 5.73 Å². The lowest BCUT2D eigenvalue weighted by molar-refractivity contribution is 0.0745. The molecule has 1 aliphatic rings. The highest BCUT2D eigenvalue weighted by Gasteiger charge is 2.24. The van der Waals surface area contributed by atoms with Crippen LogP contribution in [0.1, 0.15) is 27.2 Å². The van der Waals surface area contributed by atoms with Crippen LogP contribution in [0, 0.1) is 0 Å². The van der Waals surface area contributed by atoms with Crippen molar-refractivity contribution in [1.29, 1.82) is 0 Å². The van der Waals surface area contributed by atoms with Crippen LogP contribution in [0.5, 0.6) is 0 Å². The number of aromatic nitrogens is 1. The van der Waals surface area contributed by atoms with Crippen molar-refractivity contribution in [2.75, 3.05) is 0 Å². The summed E-state index contributed by atoms with van der Waals surface area (Å²) in [4.78, 5) is 18.3. The molecule has 2 aromatic rings. The number of amides is 1. The summed E-state index contributed by atoms with van der Waals surface area (Å²) in [5.74, 6) is -0.0280. The van der Waals surface area contributed by atoms with Crippen LogP contribution in [-0.4, -0.2) is 15.8 Å². The minimum Gasteiger partial charge on any atom is -0.329 e. The van der Waals surface area contributed by atoms with E-state index in [2.05, 4.69) is 17.1 Å². The molecule has 4 nitrogen and oxygen atoms in total. The number of hydrogen-bond donors (Lipinski definition) is 1. The van der Waals surface area contributed by atoms with Gasteiger partial charge in [-0.05, 0) is 22.8 Å². The Labute approximate surface area is 111 Å². The summed E-state index contributed by atoms with van der Waals surface area (Å²) in [7, 11) is 0. The van der Waals surface area contributed by atoms with Crippen LogP contribution in [-0.2, 0) is 19.6 Å². The SMILES string of the molecule is NCc1ccc(C(=O)N2Cc3ccccc3C2)nc1. The van der Waals surface area contributed by atoms with Gasteiger partial charge >= 0.3 is 0 Å². The van der Waals surface area contributed by atoms with Crippen LogP contribution < -0.4 is 5.73 Å². The zero-order chi connectivity index (χ0) is 13.2. The molecule has 1 aromatic heterocycles. The van der Waals surface area contributed by atoms with Gasteiger partial charge in [-0.15, -0.1) is 0 Å². The van der Waals surface area contributed by atoms with E-state index in [0.29, 0.717) is 25.3 Å². The molecule has 0 saturated carbocycles. The van der Waals surface area contributed by atoms with Crippen LogP contribution in [0.4, 0.5) is 0 Å². The molecule has 19 heavy (non-hydrogen) atoms. The first-order valence-corrected chi connectivity index (χ1v) is 6.29. The number of pyridine rings is 1. The standard InChI is InChI=1S/C15H15N3O/c16-7-11-5-6-14(17-8-11)15(19)18-9-12-3-1-2-4-13(12)10-18/h1-6,8H,7,9-10,16H2. The van der Waals surface area contributed by atoms with Crippen molar-refractivity contribution >= 4 is 5.91 Å². The Morgan fingerprint density at radius 2 is 1.84 bits per heavy atom. The first-order valence-electron chi connectivity index (χ1n) is 6.29. The number of nitrogens with zero attached hydrogens (tertiary/aromatic N) is 2. The summed E-state index contributed by atoms with van der Waals surface area (Å²) in [6, 6.07) is 11.7. The molecular weight excluding hydrogens is 238 g/mol. The van der Waals surface area contributed by atoms with Gasteiger partial charge in [0, 0.05) is 25.8 Å². The minimum atomic E-state index is -0.0280. The van der Waals surface area contributed by atoms with E-state index in [1.807, 2.05) is 23.1 Å². The zero-order valence-electron chi connectivity index (χ0n) is 10.5. The Balaban J connectivity index is 1.79. The van der Waals surface area contributed by atoms with Gasteiger partial charge in [0.1, 0.15) is 5.69 Å². The molecule has 0 radical (unpaired) electrons. The van der Waals surface area contributed by atoms with Crippen LogP contribution >= 0.6 is 0 Å². The maximum absolute atomic E-state index is 12.3. The fourth-order valence-electron chi connectivity index (χ4n) is 2.31. The van der Waals surface area contributed by atoms with Crippen LogP contribution in [0.2, 0.25) is 0 Å². The molecule has 1 aliphatic heterocycles. The Hall–Kier alpha value is -2.20. The van der Waals surface area contributed by atoms with E-state index in [9.17, 15) is 4.79 Å². The van der Waals surface area contributed by atoms with E-state index in [4.69, 9.17) is 5.73 Å². The summed E-state index contributed by atoms with van der Waals surface area (Å²) in [5.41, 5.74) is 9.36. The normalized spacial score (nSPS) is 13.4. The summed E-state index contributed by atoms with van der Waals surface area (Å²) < 4.78 is 0. The summed E-state index contributed by atoms with van der Waals surface area (Å²) in [6.45, 7) is 1.77. The maximum Gasteiger partial charge on any atom is 0.273 e. The maximum atomic E-state index is 12.3. The molecule has 0 spiro atoms. The van der Waals surface area contributed by atoms with E-state index in [-0.39, 0.29) is 5.91 Å². The molecule has 0 unspecified atom stereocenters. The van der Waals surface area contributed by atoms with Gasteiger partial charge in [0.05, 0.1) is 0 Å². The molecule has 2 heterocycles. The van der Waals surface area contributed by atoms with Gasteiger partial charge in [-0.2, -0.15) is 0 Å². The lowest BCUT2D eigenvalue weighted by Gasteiger charge is -2.14. The average molecular weight is 253 g/mol. The van der Waals surface area contributed by atoms with E-state index in [1.165, 1.54) is 11.1 Å². The molecule has 0 atom stereocenters. The van der Waals surface area contributed by atoms with E-state index >= 15 is 0 Å². The fraction of sp³-hybridized carbons (Fsp3) is 0.200. The molecule has 1 aromatic carbocycles. The largest absolute Gasteiger partial charge is 0.329 e. The summed E-state index contributed by atoms with van der Waals surface area (Å²) >= 11 is 0. The Morgan fingerprint density at radius 3 is 2.37 bits per heavy atom. The van der Waals surface area contributed by atoms with Crippen molar-refractivity contribution in [3.8, 4) is 0 Å². The zero-order valence-corrected chi connectivity index (χ0v) is 10.5. The number of fused-ring (bicyclic) bond motifs is 1. The topological polar surface area (TPSA) is 59.2 Å². The molecule has 96 valence electrons. The first kappa shape index (κ1) is 11.9. The molecule has 0 aliphatic carbocycles. The fourth-order valence-corrected chi connectivity index (χ4v) is 2.31. The number of hydrogen-bond acceptors (Lipinski definition) is 3. The molecular formula is C15H15N3O. The van der Waals surface area contributed by atoms with Gasteiger partial charge in [-0.1, -0.05) is 30.3 Å². The number of rotatable bonds is 2. The van der Waals surface area contributed by atoms with E-state index in [1.54, 1.807) is 12.3 Å². The van der Waals surface area contributed by atoms with Crippen molar-refractivity contribution in [1.82, 2.24) is 9.88 Å². The number of benzene rings is 1. The number of nitrogens with two attached hydrogens (primary N) is 1. The van der Waals surface area contributed by atoms with Gasteiger partial charge in [-0.3, -0.25) is 9.78 Å². The first-order chi connectivity index (χ1) is 9.28. The van der Waals surface area contributed by atoms with Gasteiger partial charge < -0.3 is 10.6 Å². The summed E-state index contributed by atoms with van der Waals surface area (Å²) in [5, 5.41) is 0. The lowest BCUT2D eigenvalue weighted by Crippen LogP contribution is -2.26. The number of carbonyl (C=O) groups is 1. The van der Waals surface area contributed by atoms with Crippen LogP contribution in [0.25, 0.3) is 0 Å². The van der Waals surface area contributed by atoms with Crippen molar-refractivity contribution < 1.29 is 4.79 Å². The average Bonchev–Trinajstić information content (AvgIpc) is 2.90. The van der Waals surface area contributed by atoms with Gasteiger partial charge in [0.15, 0.2) is 0 Å². The highest BCUT2D eigenvalue weighted by Crippen LogP contribution is 2.23. The molecule has 3 rings (SSSR count). The highest BCUT2D eigenvalue weighted by molar-refractivity contribution is 5.92. The highest BCUT2D eigenvalue weighted by atomic mass is 16.2. The van der Waals surface area contributed by atoms with Gasteiger partial charge in [-0.25, -0.2) is 0 Å². The molecule has 0 fully saturated rings. The molecule has 4 heteroatoms. The quantitative estimate of drug-likeness (QED) is 0.886. The molecule has 1 amide bonds. The second-order valence-electron chi connectivity index (χ2n) is 4.69. The van der Waals surface area contributed by atoms with Gasteiger partial charge in [0.2, 0.25) is 0 Å². The smallest absolute Gasteiger partial charge is 0.273 e.